The predicted molar refractivity (Wildman–Crippen MR) is 114 cm³/mol. The zero-order chi connectivity index (χ0) is 21.2. The molecule has 2 aliphatic heterocycles. The number of fused-ring (bicyclic) bond motifs is 1. The van der Waals surface area contributed by atoms with Gasteiger partial charge in [-0.05, 0) is 47.7 Å². The zero-order valence-electron chi connectivity index (χ0n) is 17.5. The van der Waals surface area contributed by atoms with E-state index in [0.717, 1.165) is 48.4 Å². The van der Waals surface area contributed by atoms with E-state index < -0.39 is 0 Å². The van der Waals surface area contributed by atoms with Crippen LogP contribution in [0, 0.1) is 0 Å². The Morgan fingerprint density at radius 3 is 2.71 bits per heavy atom. The summed E-state index contributed by atoms with van der Waals surface area (Å²) in [7, 11) is 0. The Hall–Kier alpha value is -3.42. The van der Waals surface area contributed by atoms with Gasteiger partial charge in [-0.15, -0.1) is 10.2 Å². The van der Waals surface area contributed by atoms with Crippen molar-refractivity contribution in [3.8, 4) is 22.9 Å². The molecule has 1 atom stereocenters. The molecule has 2 aromatic carbocycles. The molecule has 1 amide bonds. The van der Waals surface area contributed by atoms with Crippen LogP contribution in [-0.4, -0.2) is 50.8 Å². The van der Waals surface area contributed by atoms with Crippen molar-refractivity contribution >= 4 is 5.91 Å². The fourth-order valence-corrected chi connectivity index (χ4v) is 4.21. The molecule has 0 radical (unpaired) electrons. The van der Waals surface area contributed by atoms with Gasteiger partial charge in [0.15, 0.2) is 11.5 Å². The van der Waals surface area contributed by atoms with Gasteiger partial charge in [-0.3, -0.25) is 4.79 Å². The third-order valence-corrected chi connectivity index (χ3v) is 5.87. The second kappa shape index (κ2) is 8.37. The highest BCUT2D eigenvalue weighted by atomic mass is 16.6. The molecule has 1 saturated heterocycles. The Morgan fingerprint density at radius 1 is 1.10 bits per heavy atom. The maximum Gasteiger partial charge on any atom is 0.246 e. The molecular weight excluding hydrogens is 394 g/mol. The van der Waals surface area contributed by atoms with E-state index in [2.05, 4.69) is 34.5 Å². The van der Waals surface area contributed by atoms with Crippen molar-refractivity contribution in [3.05, 3.63) is 53.6 Å². The molecule has 3 aromatic rings. The Labute approximate surface area is 180 Å². The predicted octanol–water partition coefficient (Wildman–Crippen LogP) is 3.04. The summed E-state index contributed by atoms with van der Waals surface area (Å²) in [4.78, 5) is 16.3. The number of amides is 1. The largest absolute Gasteiger partial charge is 0.486 e. The minimum absolute atomic E-state index is 0.0114. The van der Waals surface area contributed by atoms with Crippen LogP contribution in [-0.2, 0) is 17.8 Å². The molecule has 0 saturated carbocycles. The molecule has 2 aliphatic rings. The van der Waals surface area contributed by atoms with E-state index in [-0.39, 0.29) is 18.5 Å². The van der Waals surface area contributed by atoms with Gasteiger partial charge in [0, 0.05) is 12.1 Å². The van der Waals surface area contributed by atoms with Crippen LogP contribution in [0.15, 0.2) is 42.5 Å². The summed E-state index contributed by atoms with van der Waals surface area (Å²) in [6, 6.07) is 14.1. The summed E-state index contributed by atoms with van der Waals surface area (Å²) < 4.78 is 11.3. The Bertz CT molecular complexity index is 1080. The second-order valence-electron chi connectivity index (χ2n) is 7.84. The molecule has 31 heavy (non-hydrogen) atoms. The molecule has 0 bridgehead atoms. The number of hydrogen-bond acceptors (Lipinski definition) is 6. The molecule has 5 rings (SSSR count). The Morgan fingerprint density at radius 2 is 1.90 bits per heavy atom. The van der Waals surface area contributed by atoms with Gasteiger partial charge in [-0.2, -0.15) is 4.80 Å². The first-order valence-electron chi connectivity index (χ1n) is 10.8. The minimum atomic E-state index is -0.0114. The van der Waals surface area contributed by atoms with Gasteiger partial charge in [0.1, 0.15) is 19.8 Å². The number of aromatic nitrogens is 4. The summed E-state index contributed by atoms with van der Waals surface area (Å²) >= 11 is 0. The van der Waals surface area contributed by atoms with Gasteiger partial charge >= 0.3 is 0 Å². The van der Waals surface area contributed by atoms with Crippen LogP contribution in [0.2, 0.25) is 0 Å². The van der Waals surface area contributed by atoms with Crippen molar-refractivity contribution in [2.75, 3.05) is 19.8 Å². The monoisotopic (exact) mass is 419 g/mol. The summed E-state index contributed by atoms with van der Waals surface area (Å²) in [6.45, 7) is 4.02. The lowest BCUT2D eigenvalue weighted by Gasteiger charge is -2.26. The Balaban J connectivity index is 1.29. The van der Waals surface area contributed by atoms with E-state index in [1.54, 1.807) is 0 Å². The molecule has 1 aromatic heterocycles. The third kappa shape index (κ3) is 3.97. The van der Waals surface area contributed by atoms with E-state index in [1.165, 1.54) is 10.4 Å². The van der Waals surface area contributed by atoms with E-state index in [4.69, 9.17) is 9.47 Å². The van der Waals surface area contributed by atoms with Crippen molar-refractivity contribution in [1.29, 1.82) is 0 Å². The average molecular weight is 419 g/mol. The fraction of sp³-hybridized carbons (Fsp3) is 0.391. The molecule has 0 aliphatic carbocycles. The van der Waals surface area contributed by atoms with Crippen LogP contribution in [0.1, 0.15) is 36.9 Å². The summed E-state index contributed by atoms with van der Waals surface area (Å²) in [5.74, 6) is 2.03. The molecule has 3 heterocycles. The van der Waals surface area contributed by atoms with Crippen LogP contribution in [0.4, 0.5) is 0 Å². The van der Waals surface area contributed by atoms with Crippen LogP contribution < -0.4 is 9.47 Å². The first-order chi connectivity index (χ1) is 15.2. The van der Waals surface area contributed by atoms with E-state index in [1.807, 2.05) is 35.2 Å². The quantitative estimate of drug-likeness (QED) is 0.632. The maximum absolute atomic E-state index is 13.1. The number of carbonyl (C=O) groups excluding carboxylic acids is 1. The zero-order valence-corrected chi connectivity index (χ0v) is 17.5. The van der Waals surface area contributed by atoms with Crippen molar-refractivity contribution in [1.82, 2.24) is 25.1 Å². The molecule has 0 N–H and O–H groups in total. The highest BCUT2D eigenvalue weighted by molar-refractivity contribution is 5.76. The molecule has 1 fully saturated rings. The second-order valence-corrected chi connectivity index (χ2v) is 7.84. The fourth-order valence-electron chi connectivity index (χ4n) is 4.21. The van der Waals surface area contributed by atoms with Gasteiger partial charge < -0.3 is 14.4 Å². The van der Waals surface area contributed by atoms with Crippen LogP contribution >= 0.6 is 0 Å². The number of rotatable bonds is 5. The lowest BCUT2D eigenvalue weighted by Crippen LogP contribution is -2.34. The number of ether oxygens (including phenoxy) is 2. The normalized spacial score (nSPS) is 17.7. The summed E-state index contributed by atoms with van der Waals surface area (Å²) in [5, 5.41) is 12.6. The van der Waals surface area contributed by atoms with Gasteiger partial charge in [0.05, 0.1) is 6.04 Å². The van der Waals surface area contributed by atoms with Crippen molar-refractivity contribution in [2.45, 2.75) is 38.8 Å². The van der Waals surface area contributed by atoms with E-state index in [9.17, 15) is 4.79 Å². The topological polar surface area (TPSA) is 82.4 Å². The van der Waals surface area contributed by atoms with Crippen LogP contribution in [0.5, 0.6) is 11.5 Å². The maximum atomic E-state index is 13.1. The van der Waals surface area contributed by atoms with Gasteiger partial charge in [-0.1, -0.05) is 37.3 Å². The van der Waals surface area contributed by atoms with Gasteiger partial charge in [-0.25, -0.2) is 0 Å². The SMILES string of the molecule is CCc1ccc(-c2nnn(CC(=O)N3CCCC3c3ccc4c(c3)OCCO4)n2)cc1. The lowest BCUT2D eigenvalue weighted by molar-refractivity contribution is -0.133. The third-order valence-electron chi connectivity index (χ3n) is 5.87. The van der Waals surface area contributed by atoms with Gasteiger partial charge in [0.25, 0.3) is 0 Å². The number of aryl methyl sites for hydroxylation is 1. The highest BCUT2D eigenvalue weighted by Crippen LogP contribution is 2.38. The number of hydrogen-bond donors (Lipinski definition) is 0. The number of nitrogens with zero attached hydrogens (tertiary/aromatic N) is 5. The molecule has 1 unspecified atom stereocenters. The standard InChI is InChI=1S/C23H25N5O3/c1-2-16-5-7-17(8-6-16)23-24-26-28(25-23)15-22(29)27-11-3-4-19(27)18-9-10-20-21(14-18)31-13-12-30-20/h5-10,14,19H,2-4,11-13,15H2,1H3. The Kier molecular flexibility index (Phi) is 5.28. The molecule has 8 nitrogen and oxygen atoms in total. The number of tetrazole rings is 1. The average Bonchev–Trinajstić information content (AvgIpc) is 3.49. The molecule has 160 valence electrons. The van der Waals surface area contributed by atoms with Crippen LogP contribution in [0.3, 0.4) is 0 Å². The number of carbonyl (C=O) groups is 1. The number of likely N-dealkylation sites (tertiary alicyclic amines) is 1. The lowest BCUT2D eigenvalue weighted by atomic mass is 10.0. The van der Waals surface area contributed by atoms with E-state index in [0.29, 0.717) is 19.0 Å². The van der Waals surface area contributed by atoms with Crippen molar-refractivity contribution in [3.63, 3.8) is 0 Å². The first kappa shape index (κ1) is 19.5. The molecule has 8 heteroatoms. The highest BCUT2D eigenvalue weighted by Gasteiger charge is 2.31. The minimum Gasteiger partial charge on any atom is -0.486 e. The first-order valence-corrected chi connectivity index (χ1v) is 10.8. The van der Waals surface area contributed by atoms with Crippen LogP contribution in [0.25, 0.3) is 11.4 Å². The van der Waals surface area contributed by atoms with E-state index >= 15 is 0 Å². The van der Waals surface area contributed by atoms with Crippen molar-refractivity contribution < 1.29 is 14.3 Å². The summed E-state index contributed by atoms with van der Waals surface area (Å²) in [5.41, 5.74) is 3.22. The van der Waals surface area contributed by atoms with Gasteiger partial charge in [0.2, 0.25) is 11.7 Å². The van der Waals surface area contributed by atoms with Crippen molar-refractivity contribution in [2.24, 2.45) is 0 Å². The smallest absolute Gasteiger partial charge is 0.246 e. The molecule has 0 spiro atoms. The molecular formula is C23H25N5O3. The summed E-state index contributed by atoms with van der Waals surface area (Å²) in [6.07, 6.45) is 2.87. The number of benzene rings is 2.